The molecule has 1 heterocycles. The molecule has 0 fully saturated rings. The Morgan fingerprint density at radius 2 is 1.95 bits per heavy atom. The van der Waals surface area contributed by atoms with Gasteiger partial charge in [-0.3, -0.25) is 4.21 Å². The van der Waals surface area contributed by atoms with Gasteiger partial charge >= 0.3 is 0 Å². The molecule has 1 unspecified atom stereocenters. The van der Waals surface area contributed by atoms with E-state index < -0.39 is 10.8 Å². The van der Waals surface area contributed by atoms with Gasteiger partial charge in [0.05, 0.1) is 0 Å². The lowest BCUT2D eigenvalue weighted by Gasteiger charge is -2.21. The van der Waals surface area contributed by atoms with Crippen LogP contribution in [0.1, 0.15) is 5.56 Å². The van der Waals surface area contributed by atoms with E-state index >= 15 is 0 Å². The molecule has 7 heteroatoms. The standard InChI is InChI=1S/C14H17ClN4OS/c1-16-12-13(15)17-9-18-14(12)19(2)8-10-4-6-11(7-5-10)21(3)20/h4-7,9,16H,8H2,1-3H3. The summed E-state index contributed by atoms with van der Waals surface area (Å²) in [6, 6.07) is 7.70. The van der Waals surface area contributed by atoms with Gasteiger partial charge in [0.15, 0.2) is 11.0 Å². The van der Waals surface area contributed by atoms with Gasteiger partial charge in [-0.05, 0) is 17.7 Å². The minimum atomic E-state index is -0.956. The molecular weight excluding hydrogens is 308 g/mol. The summed E-state index contributed by atoms with van der Waals surface area (Å²) in [7, 11) is 2.77. The van der Waals surface area contributed by atoms with Crippen LogP contribution >= 0.6 is 11.6 Å². The first-order valence-corrected chi connectivity index (χ1v) is 8.28. The Kier molecular flexibility index (Phi) is 5.14. The number of hydrogen-bond donors (Lipinski definition) is 1. The fourth-order valence-corrected chi connectivity index (χ4v) is 2.74. The lowest BCUT2D eigenvalue weighted by molar-refractivity contribution is 0.687. The van der Waals surface area contributed by atoms with Gasteiger partial charge in [0.1, 0.15) is 12.0 Å². The molecule has 5 nitrogen and oxygen atoms in total. The summed E-state index contributed by atoms with van der Waals surface area (Å²) in [6.07, 6.45) is 3.11. The van der Waals surface area contributed by atoms with Gasteiger partial charge in [0, 0.05) is 42.6 Å². The van der Waals surface area contributed by atoms with Crippen molar-refractivity contribution in [2.24, 2.45) is 0 Å². The van der Waals surface area contributed by atoms with Crippen LogP contribution in [0.4, 0.5) is 11.5 Å². The van der Waals surface area contributed by atoms with Gasteiger partial charge in [-0.25, -0.2) is 9.97 Å². The fourth-order valence-electron chi connectivity index (χ4n) is 2.00. The number of anilines is 2. The van der Waals surface area contributed by atoms with Crippen LogP contribution in [0.2, 0.25) is 5.15 Å². The number of rotatable bonds is 5. The SMILES string of the molecule is CNc1c(Cl)ncnc1N(C)Cc1ccc(S(C)=O)cc1. The summed E-state index contributed by atoms with van der Waals surface area (Å²) >= 11 is 6.06. The molecule has 0 aliphatic rings. The van der Waals surface area contributed by atoms with Gasteiger partial charge in [-0.1, -0.05) is 23.7 Å². The van der Waals surface area contributed by atoms with E-state index in [2.05, 4.69) is 15.3 Å². The molecule has 112 valence electrons. The molecule has 1 atom stereocenters. The van der Waals surface area contributed by atoms with Crippen molar-refractivity contribution in [1.29, 1.82) is 0 Å². The van der Waals surface area contributed by atoms with Crippen LogP contribution in [-0.4, -0.2) is 34.5 Å². The molecule has 0 amide bonds. The van der Waals surface area contributed by atoms with Crippen molar-refractivity contribution in [1.82, 2.24) is 9.97 Å². The number of halogens is 1. The first kappa shape index (κ1) is 15.7. The molecule has 1 N–H and O–H groups in total. The normalized spacial score (nSPS) is 12.0. The van der Waals surface area contributed by atoms with E-state index in [9.17, 15) is 4.21 Å². The van der Waals surface area contributed by atoms with Crippen LogP contribution < -0.4 is 10.2 Å². The van der Waals surface area contributed by atoms with E-state index in [0.717, 1.165) is 16.3 Å². The molecule has 0 aliphatic carbocycles. The summed E-state index contributed by atoms with van der Waals surface area (Å²) in [6.45, 7) is 0.665. The van der Waals surface area contributed by atoms with Crippen LogP contribution in [0.5, 0.6) is 0 Å². The molecule has 0 bridgehead atoms. The predicted octanol–water partition coefficient (Wildman–Crippen LogP) is 2.55. The summed E-state index contributed by atoms with van der Waals surface area (Å²) in [4.78, 5) is 11.0. The molecule has 0 radical (unpaired) electrons. The Morgan fingerprint density at radius 3 is 2.52 bits per heavy atom. The fraction of sp³-hybridized carbons (Fsp3) is 0.286. The maximum Gasteiger partial charge on any atom is 0.157 e. The molecule has 1 aromatic carbocycles. The minimum Gasteiger partial charge on any atom is -0.383 e. The number of nitrogens with zero attached hydrogens (tertiary/aromatic N) is 3. The van der Waals surface area contributed by atoms with E-state index in [0.29, 0.717) is 17.4 Å². The zero-order valence-corrected chi connectivity index (χ0v) is 13.7. The van der Waals surface area contributed by atoms with Crippen molar-refractivity contribution in [2.75, 3.05) is 30.6 Å². The van der Waals surface area contributed by atoms with Crippen LogP contribution in [0.3, 0.4) is 0 Å². The zero-order chi connectivity index (χ0) is 15.4. The lowest BCUT2D eigenvalue weighted by atomic mass is 10.2. The highest BCUT2D eigenvalue weighted by molar-refractivity contribution is 7.84. The third-order valence-corrected chi connectivity index (χ3v) is 4.29. The molecule has 0 saturated heterocycles. The second kappa shape index (κ2) is 6.87. The monoisotopic (exact) mass is 324 g/mol. The van der Waals surface area contributed by atoms with E-state index in [1.807, 2.05) is 36.2 Å². The van der Waals surface area contributed by atoms with E-state index in [4.69, 9.17) is 11.6 Å². The van der Waals surface area contributed by atoms with Gasteiger partial charge in [0.2, 0.25) is 0 Å². The maximum atomic E-state index is 11.4. The summed E-state index contributed by atoms with van der Waals surface area (Å²) < 4.78 is 11.4. The first-order chi connectivity index (χ1) is 10.0. The quantitative estimate of drug-likeness (QED) is 0.857. The Balaban J connectivity index is 2.20. The molecule has 2 rings (SSSR count). The number of aromatic nitrogens is 2. The highest BCUT2D eigenvalue weighted by atomic mass is 35.5. The van der Waals surface area contributed by atoms with Gasteiger partial charge in [-0.15, -0.1) is 0 Å². The van der Waals surface area contributed by atoms with Crippen molar-refractivity contribution in [3.8, 4) is 0 Å². The van der Waals surface area contributed by atoms with Crippen molar-refractivity contribution >= 4 is 33.9 Å². The molecule has 21 heavy (non-hydrogen) atoms. The van der Waals surface area contributed by atoms with Crippen LogP contribution in [0, 0.1) is 0 Å². The Morgan fingerprint density at radius 1 is 1.29 bits per heavy atom. The van der Waals surface area contributed by atoms with Crippen molar-refractivity contribution in [3.05, 3.63) is 41.3 Å². The summed E-state index contributed by atoms with van der Waals surface area (Å²) in [5, 5.41) is 3.41. The second-order valence-corrected chi connectivity index (χ2v) is 6.30. The topological polar surface area (TPSA) is 58.1 Å². The Labute approximate surface area is 131 Å². The van der Waals surface area contributed by atoms with Crippen molar-refractivity contribution < 1.29 is 4.21 Å². The third kappa shape index (κ3) is 3.71. The second-order valence-electron chi connectivity index (χ2n) is 4.57. The highest BCUT2D eigenvalue weighted by Crippen LogP contribution is 2.28. The Hall–Kier alpha value is -1.66. The molecule has 0 spiro atoms. The van der Waals surface area contributed by atoms with Crippen LogP contribution in [0.15, 0.2) is 35.5 Å². The number of nitrogens with one attached hydrogen (secondary N) is 1. The molecule has 0 saturated carbocycles. The van der Waals surface area contributed by atoms with Gasteiger partial charge in [0.25, 0.3) is 0 Å². The van der Waals surface area contributed by atoms with E-state index in [1.54, 1.807) is 13.3 Å². The smallest absolute Gasteiger partial charge is 0.157 e. The molecule has 0 aliphatic heterocycles. The summed E-state index contributed by atoms with van der Waals surface area (Å²) in [5.41, 5.74) is 1.80. The Bertz CT molecular complexity index is 648. The number of hydrogen-bond acceptors (Lipinski definition) is 5. The average molecular weight is 325 g/mol. The maximum absolute atomic E-state index is 11.4. The van der Waals surface area contributed by atoms with Gasteiger partial charge < -0.3 is 10.2 Å². The van der Waals surface area contributed by atoms with E-state index in [1.165, 1.54) is 6.33 Å². The average Bonchev–Trinajstić information content (AvgIpc) is 2.47. The highest BCUT2D eigenvalue weighted by Gasteiger charge is 2.12. The number of benzene rings is 1. The predicted molar refractivity (Wildman–Crippen MR) is 87.5 cm³/mol. The molecule has 1 aromatic heterocycles. The van der Waals surface area contributed by atoms with Crippen LogP contribution in [0.25, 0.3) is 0 Å². The van der Waals surface area contributed by atoms with Crippen molar-refractivity contribution in [3.63, 3.8) is 0 Å². The first-order valence-electron chi connectivity index (χ1n) is 6.34. The van der Waals surface area contributed by atoms with Crippen molar-refractivity contribution in [2.45, 2.75) is 11.4 Å². The van der Waals surface area contributed by atoms with Crippen LogP contribution in [-0.2, 0) is 17.3 Å². The lowest BCUT2D eigenvalue weighted by Crippen LogP contribution is -2.19. The van der Waals surface area contributed by atoms with E-state index in [-0.39, 0.29) is 0 Å². The summed E-state index contributed by atoms with van der Waals surface area (Å²) in [5.74, 6) is 0.737. The molecular formula is C14H17ClN4OS. The minimum absolute atomic E-state index is 0.395. The zero-order valence-electron chi connectivity index (χ0n) is 12.1. The van der Waals surface area contributed by atoms with Gasteiger partial charge in [-0.2, -0.15) is 0 Å². The largest absolute Gasteiger partial charge is 0.383 e. The third-order valence-electron chi connectivity index (χ3n) is 3.07. The molecule has 2 aromatic rings.